The van der Waals surface area contributed by atoms with Gasteiger partial charge in [0.05, 0.1) is 6.61 Å². The number of likely N-dealkylation sites (tertiary alicyclic amines) is 1. The average molecular weight is 299 g/mol. The maximum atomic E-state index is 12.4. The van der Waals surface area contributed by atoms with Crippen LogP contribution in [0.5, 0.6) is 5.75 Å². The summed E-state index contributed by atoms with van der Waals surface area (Å²) in [6, 6.07) is 7.98. The van der Waals surface area contributed by atoms with Crippen molar-refractivity contribution in [2.75, 3.05) is 26.7 Å². The van der Waals surface area contributed by atoms with Crippen LogP contribution in [0.1, 0.15) is 30.1 Å². The van der Waals surface area contributed by atoms with Gasteiger partial charge in [0, 0.05) is 24.7 Å². The van der Waals surface area contributed by atoms with E-state index in [1.165, 1.54) is 0 Å². The zero-order chi connectivity index (χ0) is 13.7. The van der Waals surface area contributed by atoms with Crippen LogP contribution in [0.15, 0.2) is 24.3 Å². The van der Waals surface area contributed by atoms with E-state index in [1.54, 1.807) is 0 Å². The number of halogens is 1. The van der Waals surface area contributed by atoms with Gasteiger partial charge in [-0.2, -0.15) is 0 Å². The number of nitrogens with one attached hydrogen (secondary N) is 1. The average Bonchev–Trinajstić information content (AvgIpc) is 2.47. The smallest absolute Gasteiger partial charge is 0.253 e. The molecule has 1 aromatic rings. The van der Waals surface area contributed by atoms with Crippen LogP contribution in [-0.2, 0) is 0 Å². The molecule has 0 aromatic heterocycles. The molecular formula is C15H23ClN2O2. The highest BCUT2D eigenvalue weighted by atomic mass is 35.5. The zero-order valence-corrected chi connectivity index (χ0v) is 12.9. The number of amides is 1. The molecule has 1 fully saturated rings. The van der Waals surface area contributed by atoms with Crippen molar-refractivity contribution in [3.63, 3.8) is 0 Å². The van der Waals surface area contributed by atoms with Crippen LogP contribution in [0.25, 0.3) is 0 Å². The van der Waals surface area contributed by atoms with Crippen molar-refractivity contribution >= 4 is 18.3 Å². The van der Waals surface area contributed by atoms with Gasteiger partial charge in [0.1, 0.15) is 5.75 Å². The summed E-state index contributed by atoms with van der Waals surface area (Å²) < 4.78 is 5.44. The fourth-order valence-electron chi connectivity index (χ4n) is 2.44. The van der Waals surface area contributed by atoms with Gasteiger partial charge in [0.25, 0.3) is 5.91 Å². The summed E-state index contributed by atoms with van der Waals surface area (Å²) in [5.74, 6) is 0.870. The van der Waals surface area contributed by atoms with E-state index in [4.69, 9.17) is 4.74 Å². The summed E-state index contributed by atoms with van der Waals surface area (Å²) in [6.45, 7) is 4.20. The SMILES string of the molecule is CCOc1cccc(C(=O)N2CCC(NC)CC2)c1.Cl. The van der Waals surface area contributed by atoms with Gasteiger partial charge in [0.15, 0.2) is 0 Å². The largest absolute Gasteiger partial charge is 0.494 e. The van der Waals surface area contributed by atoms with E-state index in [9.17, 15) is 4.79 Å². The molecule has 112 valence electrons. The molecule has 1 aromatic carbocycles. The Morgan fingerprint density at radius 3 is 2.70 bits per heavy atom. The summed E-state index contributed by atoms with van der Waals surface area (Å²) >= 11 is 0. The predicted octanol–water partition coefficient (Wildman–Crippen LogP) is 2.33. The molecule has 0 atom stereocenters. The molecule has 4 nitrogen and oxygen atoms in total. The molecule has 1 heterocycles. The van der Waals surface area contributed by atoms with Gasteiger partial charge >= 0.3 is 0 Å². The Labute approximate surface area is 126 Å². The number of carbonyl (C=O) groups excluding carboxylic acids is 1. The summed E-state index contributed by atoms with van der Waals surface area (Å²) in [6.07, 6.45) is 2.04. The topological polar surface area (TPSA) is 41.6 Å². The molecule has 1 aliphatic rings. The number of ether oxygens (including phenoxy) is 1. The van der Waals surface area contributed by atoms with Crippen LogP contribution in [-0.4, -0.2) is 43.6 Å². The third kappa shape index (κ3) is 4.12. The van der Waals surface area contributed by atoms with Crippen molar-refractivity contribution in [2.45, 2.75) is 25.8 Å². The molecule has 0 radical (unpaired) electrons. The van der Waals surface area contributed by atoms with Crippen molar-refractivity contribution in [1.29, 1.82) is 0 Å². The minimum absolute atomic E-state index is 0. The lowest BCUT2D eigenvalue weighted by molar-refractivity contribution is 0.0707. The molecule has 1 aliphatic heterocycles. The Kier molecular flexibility index (Phi) is 6.82. The molecule has 2 rings (SSSR count). The summed E-state index contributed by atoms with van der Waals surface area (Å²) in [5.41, 5.74) is 0.717. The van der Waals surface area contributed by atoms with Crippen LogP contribution < -0.4 is 10.1 Å². The molecule has 5 heteroatoms. The van der Waals surface area contributed by atoms with Gasteiger partial charge in [-0.1, -0.05) is 6.07 Å². The number of hydrogen-bond donors (Lipinski definition) is 1. The van der Waals surface area contributed by atoms with E-state index in [-0.39, 0.29) is 18.3 Å². The maximum Gasteiger partial charge on any atom is 0.253 e. The number of carbonyl (C=O) groups is 1. The summed E-state index contributed by atoms with van der Waals surface area (Å²) in [7, 11) is 1.98. The highest BCUT2D eigenvalue weighted by Crippen LogP contribution is 2.17. The van der Waals surface area contributed by atoms with Crippen LogP contribution >= 0.6 is 12.4 Å². The van der Waals surface area contributed by atoms with E-state index < -0.39 is 0 Å². The van der Waals surface area contributed by atoms with Crippen LogP contribution in [0.3, 0.4) is 0 Å². The lowest BCUT2D eigenvalue weighted by Crippen LogP contribution is -2.43. The third-order valence-corrected chi connectivity index (χ3v) is 3.58. The van der Waals surface area contributed by atoms with Gasteiger partial charge in [-0.3, -0.25) is 4.79 Å². The minimum atomic E-state index is 0. The number of rotatable bonds is 4. The first-order valence-electron chi connectivity index (χ1n) is 6.94. The minimum Gasteiger partial charge on any atom is -0.494 e. The Hall–Kier alpha value is -1.26. The van der Waals surface area contributed by atoms with E-state index in [0.29, 0.717) is 18.2 Å². The van der Waals surface area contributed by atoms with Gasteiger partial charge in [-0.25, -0.2) is 0 Å². The monoisotopic (exact) mass is 298 g/mol. The second-order valence-corrected chi connectivity index (χ2v) is 4.82. The van der Waals surface area contributed by atoms with E-state index in [0.717, 1.165) is 31.7 Å². The summed E-state index contributed by atoms with van der Waals surface area (Å²) in [5, 5.41) is 3.27. The predicted molar refractivity (Wildman–Crippen MR) is 82.8 cm³/mol. The Balaban J connectivity index is 0.00000200. The standard InChI is InChI=1S/C15H22N2O2.ClH/c1-3-19-14-6-4-5-12(11-14)15(18)17-9-7-13(16-2)8-10-17;/h4-6,11,13,16H,3,7-10H2,1-2H3;1H. The van der Waals surface area contributed by atoms with Crippen molar-refractivity contribution in [1.82, 2.24) is 10.2 Å². The normalized spacial score (nSPS) is 15.6. The van der Waals surface area contributed by atoms with Crippen molar-refractivity contribution < 1.29 is 9.53 Å². The lowest BCUT2D eigenvalue weighted by atomic mass is 10.0. The van der Waals surface area contributed by atoms with E-state index in [1.807, 2.05) is 43.1 Å². The van der Waals surface area contributed by atoms with Crippen molar-refractivity contribution in [2.24, 2.45) is 0 Å². The van der Waals surface area contributed by atoms with E-state index >= 15 is 0 Å². The molecule has 20 heavy (non-hydrogen) atoms. The maximum absolute atomic E-state index is 12.4. The highest BCUT2D eigenvalue weighted by molar-refractivity contribution is 5.94. The first-order chi connectivity index (χ1) is 9.24. The Bertz CT molecular complexity index is 432. The van der Waals surface area contributed by atoms with Crippen LogP contribution in [0.2, 0.25) is 0 Å². The fraction of sp³-hybridized carbons (Fsp3) is 0.533. The Morgan fingerprint density at radius 1 is 1.40 bits per heavy atom. The third-order valence-electron chi connectivity index (χ3n) is 3.58. The molecule has 0 aliphatic carbocycles. The zero-order valence-electron chi connectivity index (χ0n) is 12.1. The highest BCUT2D eigenvalue weighted by Gasteiger charge is 2.22. The molecule has 1 amide bonds. The quantitative estimate of drug-likeness (QED) is 0.927. The first-order valence-corrected chi connectivity index (χ1v) is 6.94. The van der Waals surface area contributed by atoms with E-state index in [2.05, 4.69) is 5.32 Å². The van der Waals surface area contributed by atoms with Crippen molar-refractivity contribution in [3.8, 4) is 5.75 Å². The van der Waals surface area contributed by atoms with Crippen LogP contribution in [0, 0.1) is 0 Å². The molecule has 1 N–H and O–H groups in total. The number of piperidine rings is 1. The van der Waals surface area contributed by atoms with Gasteiger partial charge in [0.2, 0.25) is 0 Å². The molecular weight excluding hydrogens is 276 g/mol. The number of nitrogens with zero attached hydrogens (tertiary/aromatic N) is 1. The molecule has 0 spiro atoms. The van der Waals surface area contributed by atoms with Gasteiger partial charge < -0.3 is 15.0 Å². The molecule has 0 saturated carbocycles. The Morgan fingerprint density at radius 2 is 2.10 bits per heavy atom. The lowest BCUT2D eigenvalue weighted by Gasteiger charge is -2.31. The number of hydrogen-bond acceptors (Lipinski definition) is 3. The number of benzene rings is 1. The second-order valence-electron chi connectivity index (χ2n) is 4.82. The van der Waals surface area contributed by atoms with Gasteiger partial charge in [-0.15, -0.1) is 12.4 Å². The fourth-order valence-corrected chi connectivity index (χ4v) is 2.44. The van der Waals surface area contributed by atoms with Gasteiger partial charge in [-0.05, 0) is 45.0 Å². The molecule has 0 bridgehead atoms. The van der Waals surface area contributed by atoms with Crippen LogP contribution in [0.4, 0.5) is 0 Å². The second kappa shape index (κ2) is 8.12. The summed E-state index contributed by atoms with van der Waals surface area (Å²) in [4.78, 5) is 14.3. The molecule has 1 saturated heterocycles. The molecule has 0 unspecified atom stereocenters. The van der Waals surface area contributed by atoms with Crippen molar-refractivity contribution in [3.05, 3.63) is 29.8 Å². The first kappa shape index (κ1) is 16.8.